The molecule has 0 aliphatic carbocycles. The summed E-state index contributed by atoms with van der Waals surface area (Å²) < 4.78 is 5.38. The number of hydrogen-bond acceptors (Lipinski definition) is 3. The Morgan fingerprint density at radius 3 is 2.83 bits per heavy atom. The van der Waals surface area contributed by atoms with Crippen LogP contribution in [0, 0.1) is 0 Å². The van der Waals surface area contributed by atoms with E-state index in [1.165, 1.54) is 0 Å². The lowest BCUT2D eigenvalue weighted by Gasteiger charge is -2.14. The van der Waals surface area contributed by atoms with Crippen molar-refractivity contribution in [2.45, 2.75) is 26.4 Å². The Bertz CT molecular complexity index is 201. The first-order valence-electron chi connectivity index (χ1n) is 4.23. The van der Waals surface area contributed by atoms with Gasteiger partial charge < -0.3 is 10.1 Å². The highest BCUT2D eigenvalue weighted by atomic mass is 16.5. The van der Waals surface area contributed by atoms with E-state index < -0.39 is 0 Å². The lowest BCUT2D eigenvalue weighted by atomic mass is 10.2. The minimum Gasteiger partial charge on any atom is -0.371 e. The topological polar surface area (TPSA) is 50.7 Å². The molecule has 4 heteroatoms. The Balaban J connectivity index is 2.49. The van der Waals surface area contributed by atoms with Crippen molar-refractivity contribution in [3.8, 4) is 0 Å². The van der Waals surface area contributed by atoms with E-state index >= 15 is 0 Å². The molecule has 0 aromatic carbocycles. The molecule has 0 bridgehead atoms. The van der Waals surface area contributed by atoms with Gasteiger partial charge in [-0.2, -0.15) is 0 Å². The van der Waals surface area contributed by atoms with Crippen molar-refractivity contribution in [2.24, 2.45) is 4.99 Å². The Kier molecular flexibility index (Phi) is 3.22. The number of amidine groups is 1. The van der Waals surface area contributed by atoms with E-state index in [9.17, 15) is 4.79 Å². The van der Waals surface area contributed by atoms with E-state index in [-0.39, 0.29) is 18.6 Å². The molecule has 0 spiro atoms. The maximum atomic E-state index is 10.8. The fraction of sp³-hybridized carbons (Fsp3) is 0.750. The van der Waals surface area contributed by atoms with Crippen molar-refractivity contribution in [1.82, 2.24) is 5.32 Å². The zero-order valence-corrected chi connectivity index (χ0v) is 7.46. The molecule has 0 saturated carbocycles. The third kappa shape index (κ3) is 2.04. The van der Waals surface area contributed by atoms with Crippen LogP contribution < -0.4 is 5.32 Å². The molecule has 1 amide bonds. The number of carbonyl (C=O) groups is 1. The summed E-state index contributed by atoms with van der Waals surface area (Å²) in [6.45, 7) is 4.83. The van der Waals surface area contributed by atoms with Crippen LogP contribution in [0.2, 0.25) is 0 Å². The van der Waals surface area contributed by atoms with Crippen LogP contribution in [0.15, 0.2) is 4.99 Å². The summed E-state index contributed by atoms with van der Waals surface area (Å²) in [6, 6.07) is 0. The van der Waals surface area contributed by atoms with E-state index in [0.29, 0.717) is 12.4 Å². The van der Waals surface area contributed by atoms with Gasteiger partial charge in [-0.1, -0.05) is 6.92 Å². The average molecular weight is 170 g/mol. The molecule has 4 nitrogen and oxygen atoms in total. The van der Waals surface area contributed by atoms with Crippen LogP contribution in [0.5, 0.6) is 0 Å². The molecule has 0 radical (unpaired) electrons. The van der Waals surface area contributed by atoms with Crippen LogP contribution in [0.25, 0.3) is 0 Å². The Morgan fingerprint density at radius 2 is 2.42 bits per heavy atom. The van der Waals surface area contributed by atoms with Gasteiger partial charge in [0.15, 0.2) is 0 Å². The molecule has 0 aromatic rings. The van der Waals surface area contributed by atoms with Crippen LogP contribution in [0.1, 0.15) is 20.3 Å². The Labute approximate surface area is 72.0 Å². The minimum absolute atomic E-state index is 0.0387. The van der Waals surface area contributed by atoms with Gasteiger partial charge in [0, 0.05) is 6.61 Å². The standard InChI is InChI=1S/C8H14N2O2/c1-3-6(12-4-2)8-9-5-7(11)10-8/h6H,3-5H2,1-2H3,(H,9,10,11). The molecule has 12 heavy (non-hydrogen) atoms. The molecule has 0 saturated heterocycles. The summed E-state index contributed by atoms with van der Waals surface area (Å²) in [5.74, 6) is 0.646. The highest BCUT2D eigenvalue weighted by Crippen LogP contribution is 2.02. The number of aliphatic imine (C=N–C) groups is 1. The average Bonchev–Trinajstić information content (AvgIpc) is 2.47. The highest BCUT2D eigenvalue weighted by Gasteiger charge is 2.21. The Hall–Kier alpha value is -0.900. The molecule has 68 valence electrons. The molecule has 0 fully saturated rings. The van der Waals surface area contributed by atoms with E-state index in [0.717, 1.165) is 6.42 Å². The van der Waals surface area contributed by atoms with E-state index in [1.54, 1.807) is 0 Å². The van der Waals surface area contributed by atoms with Gasteiger partial charge >= 0.3 is 0 Å². The number of amides is 1. The molecular formula is C8H14N2O2. The molecule has 1 rings (SSSR count). The summed E-state index contributed by atoms with van der Waals surface area (Å²) in [5.41, 5.74) is 0. The molecule has 1 heterocycles. The largest absolute Gasteiger partial charge is 0.371 e. The number of ether oxygens (including phenoxy) is 1. The lowest BCUT2D eigenvalue weighted by Crippen LogP contribution is -2.35. The summed E-state index contributed by atoms with van der Waals surface area (Å²) in [5, 5.41) is 2.68. The predicted octanol–water partition coefficient (Wildman–Crippen LogP) is 0.330. The summed E-state index contributed by atoms with van der Waals surface area (Å²) in [4.78, 5) is 14.8. The van der Waals surface area contributed by atoms with Crippen LogP contribution in [0.3, 0.4) is 0 Å². The first-order chi connectivity index (χ1) is 5.77. The molecule has 1 atom stereocenters. The Morgan fingerprint density at radius 1 is 1.67 bits per heavy atom. The van der Waals surface area contributed by atoms with Gasteiger partial charge in [0.1, 0.15) is 18.5 Å². The van der Waals surface area contributed by atoms with Gasteiger partial charge in [-0.3, -0.25) is 9.79 Å². The number of hydrogen-bond donors (Lipinski definition) is 1. The zero-order chi connectivity index (χ0) is 8.97. The van der Waals surface area contributed by atoms with Gasteiger partial charge in [-0.25, -0.2) is 0 Å². The van der Waals surface area contributed by atoms with Crippen LogP contribution in [0.4, 0.5) is 0 Å². The van der Waals surface area contributed by atoms with Crippen molar-refractivity contribution in [1.29, 1.82) is 0 Å². The smallest absolute Gasteiger partial charge is 0.247 e. The van der Waals surface area contributed by atoms with Crippen LogP contribution in [-0.2, 0) is 9.53 Å². The van der Waals surface area contributed by atoms with Crippen molar-refractivity contribution < 1.29 is 9.53 Å². The molecule has 1 aliphatic rings. The number of nitrogens with zero attached hydrogens (tertiary/aromatic N) is 1. The van der Waals surface area contributed by atoms with E-state index in [4.69, 9.17) is 4.74 Å². The second-order valence-corrected chi connectivity index (χ2v) is 2.60. The van der Waals surface area contributed by atoms with Crippen LogP contribution >= 0.6 is 0 Å². The predicted molar refractivity (Wildman–Crippen MR) is 46.1 cm³/mol. The van der Waals surface area contributed by atoms with Gasteiger partial charge in [-0.05, 0) is 13.3 Å². The third-order valence-corrected chi connectivity index (χ3v) is 1.70. The third-order valence-electron chi connectivity index (χ3n) is 1.70. The maximum Gasteiger partial charge on any atom is 0.247 e. The summed E-state index contributed by atoms with van der Waals surface area (Å²) in [6.07, 6.45) is 0.800. The number of rotatable bonds is 4. The van der Waals surface area contributed by atoms with E-state index in [1.807, 2.05) is 13.8 Å². The van der Waals surface area contributed by atoms with Crippen molar-refractivity contribution in [3.05, 3.63) is 0 Å². The zero-order valence-electron chi connectivity index (χ0n) is 7.46. The van der Waals surface area contributed by atoms with Gasteiger partial charge in [0.2, 0.25) is 5.91 Å². The van der Waals surface area contributed by atoms with Crippen molar-refractivity contribution in [2.75, 3.05) is 13.2 Å². The molecular weight excluding hydrogens is 156 g/mol. The fourth-order valence-corrected chi connectivity index (χ4v) is 1.15. The SMILES string of the molecule is CCOC(CC)C1=NCC(=O)N1. The molecule has 0 aromatic heterocycles. The number of carbonyl (C=O) groups excluding carboxylic acids is 1. The van der Waals surface area contributed by atoms with Crippen molar-refractivity contribution >= 4 is 11.7 Å². The molecule has 1 aliphatic heterocycles. The number of nitrogens with one attached hydrogen (secondary N) is 1. The fourth-order valence-electron chi connectivity index (χ4n) is 1.15. The first-order valence-corrected chi connectivity index (χ1v) is 4.23. The van der Waals surface area contributed by atoms with Gasteiger partial charge in [-0.15, -0.1) is 0 Å². The first kappa shape index (κ1) is 9.19. The van der Waals surface area contributed by atoms with Gasteiger partial charge in [0.05, 0.1) is 0 Å². The van der Waals surface area contributed by atoms with Crippen LogP contribution in [-0.4, -0.2) is 31.0 Å². The lowest BCUT2D eigenvalue weighted by molar-refractivity contribution is -0.117. The summed E-state index contributed by atoms with van der Waals surface area (Å²) >= 11 is 0. The highest BCUT2D eigenvalue weighted by molar-refractivity contribution is 6.05. The van der Waals surface area contributed by atoms with E-state index in [2.05, 4.69) is 10.3 Å². The quantitative estimate of drug-likeness (QED) is 0.661. The summed E-state index contributed by atoms with van der Waals surface area (Å²) in [7, 11) is 0. The molecule has 1 N–H and O–H groups in total. The van der Waals surface area contributed by atoms with Crippen molar-refractivity contribution in [3.63, 3.8) is 0 Å². The maximum absolute atomic E-state index is 10.8. The monoisotopic (exact) mass is 170 g/mol. The normalized spacial score (nSPS) is 18.8. The second-order valence-electron chi connectivity index (χ2n) is 2.60. The van der Waals surface area contributed by atoms with Gasteiger partial charge in [0.25, 0.3) is 0 Å². The minimum atomic E-state index is -0.0403. The molecule has 1 unspecified atom stereocenters. The second kappa shape index (κ2) is 4.21.